The smallest absolute Gasteiger partial charge is 0.346 e. The number of benzene rings is 2. The van der Waals surface area contributed by atoms with Gasteiger partial charge in [0.1, 0.15) is 0 Å². The molecule has 2 aromatic carbocycles. The lowest BCUT2D eigenvalue weighted by molar-refractivity contribution is -0.149. The van der Waals surface area contributed by atoms with Crippen molar-refractivity contribution in [2.24, 2.45) is 0 Å². The predicted molar refractivity (Wildman–Crippen MR) is 95.3 cm³/mol. The standard InChI is InChI=1S/C18H19NO6S/c1-12-4-8-15(9-5-12)19-26(22,23)16-10-6-14(7-11-16)18(21)25-13(2)17(20)24-3/h4-11,13,19H,1-3H3/t13-/m0/s1. The SMILES string of the molecule is COC(=O)[C@H](C)OC(=O)c1ccc(S(=O)(=O)Nc2ccc(C)cc2)cc1. The zero-order valence-electron chi connectivity index (χ0n) is 14.6. The first kappa shape index (κ1) is 19.5. The summed E-state index contributed by atoms with van der Waals surface area (Å²) in [6.45, 7) is 3.28. The summed E-state index contributed by atoms with van der Waals surface area (Å²) in [5.41, 5.74) is 1.57. The molecule has 0 saturated heterocycles. The quantitative estimate of drug-likeness (QED) is 0.777. The van der Waals surface area contributed by atoms with E-state index < -0.39 is 28.1 Å². The maximum Gasteiger partial charge on any atom is 0.346 e. The molecule has 0 bridgehead atoms. The number of methoxy groups -OCH3 is 1. The van der Waals surface area contributed by atoms with Gasteiger partial charge in [-0.2, -0.15) is 0 Å². The molecule has 138 valence electrons. The molecule has 0 amide bonds. The van der Waals surface area contributed by atoms with Gasteiger partial charge in [-0.3, -0.25) is 4.72 Å². The van der Waals surface area contributed by atoms with Crippen molar-refractivity contribution in [3.8, 4) is 0 Å². The molecule has 26 heavy (non-hydrogen) atoms. The van der Waals surface area contributed by atoms with Gasteiger partial charge in [-0.15, -0.1) is 0 Å². The van der Waals surface area contributed by atoms with E-state index in [1.165, 1.54) is 38.3 Å². The van der Waals surface area contributed by atoms with Crippen molar-refractivity contribution < 1.29 is 27.5 Å². The summed E-state index contributed by atoms with van der Waals surface area (Å²) in [5, 5.41) is 0. The van der Waals surface area contributed by atoms with Crippen LogP contribution >= 0.6 is 0 Å². The Balaban J connectivity index is 2.11. The van der Waals surface area contributed by atoms with E-state index in [4.69, 9.17) is 4.74 Å². The fourth-order valence-corrected chi connectivity index (χ4v) is 3.11. The number of hydrogen-bond acceptors (Lipinski definition) is 6. The van der Waals surface area contributed by atoms with Crippen molar-refractivity contribution in [2.45, 2.75) is 24.8 Å². The minimum absolute atomic E-state index is 0.00404. The molecule has 8 heteroatoms. The van der Waals surface area contributed by atoms with Gasteiger partial charge in [0, 0.05) is 5.69 Å². The van der Waals surface area contributed by atoms with Crippen LogP contribution in [0.5, 0.6) is 0 Å². The van der Waals surface area contributed by atoms with E-state index in [0.29, 0.717) is 5.69 Å². The number of nitrogens with one attached hydrogen (secondary N) is 1. The van der Waals surface area contributed by atoms with Crippen molar-refractivity contribution >= 4 is 27.6 Å². The van der Waals surface area contributed by atoms with Gasteiger partial charge in [-0.25, -0.2) is 18.0 Å². The molecule has 0 spiro atoms. The summed E-state index contributed by atoms with van der Waals surface area (Å²) < 4.78 is 36.6. The van der Waals surface area contributed by atoms with Crippen LogP contribution < -0.4 is 4.72 Å². The molecule has 0 aliphatic carbocycles. The van der Waals surface area contributed by atoms with Crippen LogP contribution in [0, 0.1) is 6.92 Å². The van der Waals surface area contributed by atoms with Crippen LogP contribution in [0.3, 0.4) is 0 Å². The van der Waals surface area contributed by atoms with E-state index in [1.807, 2.05) is 6.92 Å². The lowest BCUT2D eigenvalue weighted by atomic mass is 10.2. The van der Waals surface area contributed by atoms with Crippen LogP contribution in [0.25, 0.3) is 0 Å². The molecule has 0 aromatic heterocycles. The van der Waals surface area contributed by atoms with E-state index in [0.717, 1.165) is 5.56 Å². The van der Waals surface area contributed by atoms with Gasteiger partial charge in [-0.05, 0) is 50.2 Å². The monoisotopic (exact) mass is 377 g/mol. The first-order valence-corrected chi connectivity index (χ1v) is 9.19. The van der Waals surface area contributed by atoms with E-state index in [1.54, 1.807) is 24.3 Å². The largest absolute Gasteiger partial charge is 0.466 e. The minimum atomic E-state index is -3.79. The van der Waals surface area contributed by atoms with Crippen molar-refractivity contribution in [1.82, 2.24) is 0 Å². The molecule has 0 radical (unpaired) electrons. The molecule has 1 N–H and O–H groups in total. The highest BCUT2D eigenvalue weighted by Crippen LogP contribution is 2.17. The molecule has 0 fully saturated rings. The zero-order valence-corrected chi connectivity index (χ0v) is 15.4. The lowest BCUT2D eigenvalue weighted by Gasteiger charge is -2.11. The fraction of sp³-hybridized carbons (Fsp3) is 0.222. The molecule has 0 unspecified atom stereocenters. The Morgan fingerprint density at radius 2 is 1.58 bits per heavy atom. The third kappa shape index (κ3) is 4.82. The van der Waals surface area contributed by atoms with Gasteiger partial charge in [0.15, 0.2) is 6.10 Å². The normalized spacial score (nSPS) is 12.1. The Morgan fingerprint density at radius 1 is 1.00 bits per heavy atom. The Kier molecular flexibility index (Phi) is 5.99. The van der Waals surface area contributed by atoms with Crippen LogP contribution in [0.4, 0.5) is 5.69 Å². The third-order valence-electron chi connectivity index (χ3n) is 3.52. The van der Waals surface area contributed by atoms with Gasteiger partial charge in [0.05, 0.1) is 17.6 Å². The molecular formula is C18H19NO6S. The van der Waals surface area contributed by atoms with E-state index in [-0.39, 0.29) is 10.5 Å². The van der Waals surface area contributed by atoms with Crippen LogP contribution in [0.15, 0.2) is 53.4 Å². The second-order valence-electron chi connectivity index (χ2n) is 5.57. The summed E-state index contributed by atoms with van der Waals surface area (Å²) in [7, 11) is -2.60. The average Bonchev–Trinajstić information content (AvgIpc) is 2.62. The van der Waals surface area contributed by atoms with E-state index >= 15 is 0 Å². The zero-order chi connectivity index (χ0) is 19.3. The highest BCUT2D eigenvalue weighted by atomic mass is 32.2. The average molecular weight is 377 g/mol. The van der Waals surface area contributed by atoms with Gasteiger partial charge in [-0.1, -0.05) is 17.7 Å². The second-order valence-corrected chi connectivity index (χ2v) is 7.25. The predicted octanol–water partition coefficient (Wildman–Crippen LogP) is 2.51. The third-order valence-corrected chi connectivity index (χ3v) is 4.92. The maximum atomic E-state index is 12.4. The summed E-state index contributed by atoms with van der Waals surface area (Å²) in [6.07, 6.45) is -1.06. The summed E-state index contributed by atoms with van der Waals surface area (Å²) in [5.74, 6) is -1.43. The Labute approximate surface area is 152 Å². The first-order chi connectivity index (χ1) is 12.2. The minimum Gasteiger partial charge on any atom is -0.466 e. The number of carbonyl (C=O) groups excluding carboxylic acids is 2. The molecule has 0 aliphatic heterocycles. The molecule has 0 heterocycles. The highest BCUT2D eigenvalue weighted by molar-refractivity contribution is 7.92. The maximum absolute atomic E-state index is 12.4. The Hall–Kier alpha value is -2.87. The number of anilines is 1. The summed E-state index contributed by atoms with van der Waals surface area (Å²) >= 11 is 0. The molecule has 1 atom stereocenters. The molecule has 2 rings (SSSR count). The molecule has 2 aromatic rings. The van der Waals surface area contributed by atoms with Crippen LogP contribution in [-0.2, 0) is 24.3 Å². The van der Waals surface area contributed by atoms with E-state index in [9.17, 15) is 18.0 Å². The Morgan fingerprint density at radius 3 is 2.12 bits per heavy atom. The number of esters is 2. The molecule has 7 nitrogen and oxygen atoms in total. The molecular weight excluding hydrogens is 358 g/mol. The number of sulfonamides is 1. The molecule has 0 saturated carbocycles. The van der Waals surface area contributed by atoms with Crippen molar-refractivity contribution in [1.29, 1.82) is 0 Å². The molecule has 0 aliphatic rings. The Bertz CT molecular complexity index is 888. The van der Waals surface area contributed by atoms with Crippen LogP contribution in [0.2, 0.25) is 0 Å². The van der Waals surface area contributed by atoms with Gasteiger partial charge in [0.2, 0.25) is 0 Å². The van der Waals surface area contributed by atoms with Crippen molar-refractivity contribution in [3.05, 3.63) is 59.7 Å². The number of rotatable bonds is 6. The first-order valence-electron chi connectivity index (χ1n) is 7.71. The highest BCUT2D eigenvalue weighted by Gasteiger charge is 2.20. The lowest BCUT2D eigenvalue weighted by Crippen LogP contribution is -2.25. The van der Waals surface area contributed by atoms with Crippen molar-refractivity contribution in [3.63, 3.8) is 0 Å². The summed E-state index contributed by atoms with van der Waals surface area (Å²) in [6, 6.07) is 12.1. The van der Waals surface area contributed by atoms with Gasteiger partial charge >= 0.3 is 11.9 Å². The second kappa shape index (κ2) is 8.01. The van der Waals surface area contributed by atoms with E-state index in [2.05, 4.69) is 9.46 Å². The number of aryl methyl sites for hydroxylation is 1. The fourth-order valence-electron chi connectivity index (χ4n) is 2.05. The van der Waals surface area contributed by atoms with Crippen LogP contribution in [-0.4, -0.2) is 33.6 Å². The summed E-state index contributed by atoms with van der Waals surface area (Å²) in [4.78, 5) is 23.2. The number of ether oxygens (including phenoxy) is 2. The van der Waals surface area contributed by atoms with Gasteiger partial charge < -0.3 is 9.47 Å². The van der Waals surface area contributed by atoms with Gasteiger partial charge in [0.25, 0.3) is 10.0 Å². The number of hydrogen-bond donors (Lipinski definition) is 1. The topological polar surface area (TPSA) is 98.8 Å². The van der Waals surface area contributed by atoms with Crippen LogP contribution in [0.1, 0.15) is 22.8 Å². The number of carbonyl (C=O) groups is 2. The van der Waals surface area contributed by atoms with Crippen molar-refractivity contribution in [2.75, 3.05) is 11.8 Å².